The van der Waals surface area contributed by atoms with Crippen LogP contribution in [0.4, 0.5) is 5.69 Å². The van der Waals surface area contributed by atoms with Gasteiger partial charge in [-0.05, 0) is 42.8 Å². The van der Waals surface area contributed by atoms with E-state index in [4.69, 9.17) is 17.3 Å². The molecule has 1 aromatic carbocycles. The average Bonchev–Trinajstić information content (AvgIpc) is 2.27. The molecule has 0 amide bonds. The Balaban J connectivity index is 2.20. The number of aryl methyl sites for hydroxylation is 1. The maximum Gasteiger partial charge on any atom is 0.101 e. The van der Waals surface area contributed by atoms with Gasteiger partial charge in [0.2, 0.25) is 0 Å². The summed E-state index contributed by atoms with van der Waals surface area (Å²) in [4.78, 5) is 5.35. The fourth-order valence-electron chi connectivity index (χ4n) is 1.25. The number of nitrogens with zero attached hydrogens (tertiary/aromatic N) is 1. The first-order valence-electron chi connectivity index (χ1n) is 4.81. The highest BCUT2D eigenvalue weighted by molar-refractivity contribution is 7.99. The van der Waals surface area contributed by atoms with Crippen molar-refractivity contribution in [2.75, 3.05) is 5.73 Å². The van der Waals surface area contributed by atoms with Crippen LogP contribution >= 0.6 is 23.4 Å². The van der Waals surface area contributed by atoms with Crippen LogP contribution in [0.15, 0.2) is 46.5 Å². The summed E-state index contributed by atoms with van der Waals surface area (Å²) < 4.78 is 0. The first-order chi connectivity index (χ1) is 7.65. The van der Waals surface area contributed by atoms with E-state index in [1.54, 1.807) is 18.0 Å². The van der Waals surface area contributed by atoms with Crippen LogP contribution in [0, 0.1) is 6.92 Å². The number of hydrogen-bond acceptors (Lipinski definition) is 3. The van der Waals surface area contributed by atoms with Crippen LogP contribution in [0.5, 0.6) is 0 Å². The smallest absolute Gasteiger partial charge is 0.101 e. The number of anilines is 1. The number of nitrogen functional groups attached to an aromatic ring is 1. The maximum absolute atomic E-state index is 5.96. The number of pyridine rings is 1. The van der Waals surface area contributed by atoms with E-state index < -0.39 is 0 Å². The Morgan fingerprint density at radius 1 is 1.25 bits per heavy atom. The second kappa shape index (κ2) is 4.76. The Kier molecular flexibility index (Phi) is 3.36. The second-order valence-electron chi connectivity index (χ2n) is 3.44. The number of nitrogens with two attached hydrogens (primary N) is 1. The van der Waals surface area contributed by atoms with Crippen LogP contribution in [0.25, 0.3) is 0 Å². The summed E-state index contributed by atoms with van der Waals surface area (Å²) in [6.45, 7) is 1.99. The molecule has 0 aliphatic heterocycles. The minimum atomic E-state index is 0.677. The predicted octanol–water partition coefficient (Wildman–Crippen LogP) is 3.78. The summed E-state index contributed by atoms with van der Waals surface area (Å²) in [6.07, 6.45) is 1.66. The normalized spacial score (nSPS) is 10.4. The van der Waals surface area contributed by atoms with Gasteiger partial charge in [-0.15, -0.1) is 0 Å². The number of halogens is 1. The second-order valence-corrected chi connectivity index (χ2v) is 4.94. The summed E-state index contributed by atoms with van der Waals surface area (Å²) in [5.74, 6) is 0. The quantitative estimate of drug-likeness (QED) is 0.882. The zero-order valence-electron chi connectivity index (χ0n) is 8.77. The third kappa shape index (κ3) is 2.68. The van der Waals surface area contributed by atoms with Gasteiger partial charge < -0.3 is 5.73 Å². The number of benzene rings is 1. The van der Waals surface area contributed by atoms with Crippen LogP contribution < -0.4 is 5.73 Å². The van der Waals surface area contributed by atoms with E-state index in [1.165, 1.54) is 0 Å². The van der Waals surface area contributed by atoms with Gasteiger partial charge in [0.05, 0.1) is 11.9 Å². The molecule has 1 heterocycles. The zero-order chi connectivity index (χ0) is 11.5. The van der Waals surface area contributed by atoms with Crippen molar-refractivity contribution in [1.29, 1.82) is 0 Å². The van der Waals surface area contributed by atoms with Gasteiger partial charge in [0.25, 0.3) is 0 Å². The molecule has 0 fully saturated rings. The van der Waals surface area contributed by atoms with E-state index >= 15 is 0 Å². The Hall–Kier alpha value is -1.19. The van der Waals surface area contributed by atoms with Gasteiger partial charge in [0, 0.05) is 9.92 Å². The molecule has 4 heteroatoms. The monoisotopic (exact) mass is 250 g/mol. The minimum absolute atomic E-state index is 0.677. The highest BCUT2D eigenvalue weighted by Gasteiger charge is 2.01. The molecule has 2 rings (SSSR count). The standard InChI is InChI=1S/C12H11ClN2S/c1-8-6-10(3-4-11(8)13)16-12-5-2-9(14)7-15-12/h2-7H,14H2,1H3. The molecule has 0 radical (unpaired) electrons. The molecule has 0 spiro atoms. The van der Waals surface area contributed by atoms with Gasteiger partial charge in [-0.1, -0.05) is 23.4 Å². The van der Waals surface area contributed by atoms with Gasteiger partial charge in [0.1, 0.15) is 5.03 Å². The van der Waals surface area contributed by atoms with Crippen molar-refractivity contribution in [3.63, 3.8) is 0 Å². The molecule has 0 unspecified atom stereocenters. The Bertz CT molecular complexity index is 497. The topological polar surface area (TPSA) is 38.9 Å². The first kappa shape index (κ1) is 11.3. The van der Waals surface area contributed by atoms with Crippen molar-refractivity contribution < 1.29 is 0 Å². The van der Waals surface area contributed by atoms with E-state index in [0.29, 0.717) is 5.69 Å². The van der Waals surface area contributed by atoms with Crippen molar-refractivity contribution in [2.24, 2.45) is 0 Å². The van der Waals surface area contributed by atoms with Crippen molar-refractivity contribution in [1.82, 2.24) is 4.98 Å². The molecule has 0 saturated carbocycles. The Labute approximate surface area is 104 Å². The van der Waals surface area contributed by atoms with Crippen molar-refractivity contribution >= 4 is 29.1 Å². The van der Waals surface area contributed by atoms with Gasteiger partial charge in [-0.3, -0.25) is 0 Å². The number of aromatic nitrogens is 1. The van der Waals surface area contributed by atoms with Crippen LogP contribution in [0.2, 0.25) is 5.02 Å². The van der Waals surface area contributed by atoms with Gasteiger partial charge in [-0.25, -0.2) is 4.98 Å². The Morgan fingerprint density at radius 3 is 2.69 bits per heavy atom. The van der Waals surface area contributed by atoms with E-state index in [1.807, 2.05) is 37.3 Å². The van der Waals surface area contributed by atoms with E-state index in [9.17, 15) is 0 Å². The summed E-state index contributed by atoms with van der Waals surface area (Å²) in [7, 11) is 0. The molecule has 0 saturated heterocycles. The molecule has 1 aromatic heterocycles. The number of hydrogen-bond donors (Lipinski definition) is 1. The average molecular weight is 251 g/mol. The largest absolute Gasteiger partial charge is 0.397 e. The van der Waals surface area contributed by atoms with Crippen molar-refractivity contribution in [2.45, 2.75) is 16.8 Å². The van der Waals surface area contributed by atoms with E-state index in [-0.39, 0.29) is 0 Å². The predicted molar refractivity (Wildman–Crippen MR) is 69.0 cm³/mol. The Morgan fingerprint density at radius 2 is 2.06 bits per heavy atom. The van der Waals surface area contributed by atoms with Crippen LogP contribution in [0.1, 0.15) is 5.56 Å². The fourth-order valence-corrected chi connectivity index (χ4v) is 2.23. The fraction of sp³-hybridized carbons (Fsp3) is 0.0833. The van der Waals surface area contributed by atoms with Crippen molar-refractivity contribution in [3.8, 4) is 0 Å². The summed E-state index contributed by atoms with van der Waals surface area (Å²) in [5.41, 5.74) is 7.32. The minimum Gasteiger partial charge on any atom is -0.397 e. The van der Waals surface area contributed by atoms with Crippen LogP contribution in [0.3, 0.4) is 0 Å². The molecule has 0 bridgehead atoms. The molecular formula is C12H11ClN2S. The van der Waals surface area contributed by atoms with Crippen LogP contribution in [-0.4, -0.2) is 4.98 Å². The lowest BCUT2D eigenvalue weighted by molar-refractivity contribution is 1.13. The zero-order valence-corrected chi connectivity index (χ0v) is 10.3. The lowest BCUT2D eigenvalue weighted by Gasteiger charge is -2.03. The lowest BCUT2D eigenvalue weighted by Crippen LogP contribution is -1.86. The molecule has 0 aliphatic rings. The van der Waals surface area contributed by atoms with Crippen molar-refractivity contribution in [3.05, 3.63) is 47.1 Å². The molecule has 82 valence electrons. The molecule has 16 heavy (non-hydrogen) atoms. The molecular weight excluding hydrogens is 240 g/mol. The third-order valence-corrected chi connectivity index (χ3v) is 3.48. The molecule has 2 aromatic rings. The molecule has 2 nitrogen and oxygen atoms in total. The summed E-state index contributed by atoms with van der Waals surface area (Å²) in [5, 5.41) is 1.71. The summed E-state index contributed by atoms with van der Waals surface area (Å²) >= 11 is 7.56. The van der Waals surface area contributed by atoms with Gasteiger partial charge >= 0.3 is 0 Å². The third-order valence-electron chi connectivity index (χ3n) is 2.11. The van der Waals surface area contributed by atoms with Gasteiger partial charge in [0.15, 0.2) is 0 Å². The van der Waals surface area contributed by atoms with Crippen LogP contribution in [-0.2, 0) is 0 Å². The van der Waals surface area contributed by atoms with E-state index in [0.717, 1.165) is 20.5 Å². The van der Waals surface area contributed by atoms with E-state index in [2.05, 4.69) is 4.98 Å². The SMILES string of the molecule is Cc1cc(Sc2ccc(N)cn2)ccc1Cl. The molecule has 0 aliphatic carbocycles. The maximum atomic E-state index is 5.96. The summed E-state index contributed by atoms with van der Waals surface area (Å²) in [6, 6.07) is 9.68. The first-order valence-corrected chi connectivity index (χ1v) is 6.00. The number of rotatable bonds is 2. The van der Waals surface area contributed by atoms with Gasteiger partial charge in [-0.2, -0.15) is 0 Å². The highest BCUT2D eigenvalue weighted by Crippen LogP contribution is 2.29. The lowest BCUT2D eigenvalue weighted by atomic mass is 10.2. The highest BCUT2D eigenvalue weighted by atomic mass is 35.5. The molecule has 2 N–H and O–H groups in total. The molecule has 0 atom stereocenters.